The van der Waals surface area contributed by atoms with Crippen molar-refractivity contribution in [3.63, 3.8) is 0 Å². The van der Waals surface area contributed by atoms with Crippen LogP contribution in [0.15, 0.2) is 36.4 Å². The third-order valence-electron chi connectivity index (χ3n) is 2.84. The van der Waals surface area contributed by atoms with Gasteiger partial charge in [0.2, 0.25) is 0 Å². The van der Waals surface area contributed by atoms with Gasteiger partial charge in [-0.25, -0.2) is 8.78 Å². The van der Waals surface area contributed by atoms with Gasteiger partial charge < -0.3 is 9.47 Å². The molecule has 104 valence electrons. The Morgan fingerprint density at radius 1 is 0.950 bits per heavy atom. The molecule has 0 atom stereocenters. The second kappa shape index (κ2) is 5.69. The Morgan fingerprint density at radius 3 is 2.30 bits per heavy atom. The third kappa shape index (κ3) is 2.61. The molecule has 0 aliphatic carbocycles. The van der Waals surface area contributed by atoms with Crippen LogP contribution in [-0.2, 0) is 0 Å². The van der Waals surface area contributed by atoms with Crippen molar-refractivity contribution < 1.29 is 23.0 Å². The molecule has 0 unspecified atom stereocenters. The topological polar surface area (TPSA) is 35.5 Å². The molecule has 0 aromatic heterocycles. The summed E-state index contributed by atoms with van der Waals surface area (Å²) in [7, 11) is 2.91. The Labute approximate surface area is 114 Å². The van der Waals surface area contributed by atoms with Gasteiger partial charge in [-0.3, -0.25) is 4.79 Å². The van der Waals surface area contributed by atoms with Crippen LogP contribution in [0.2, 0.25) is 0 Å². The zero-order chi connectivity index (χ0) is 14.7. The number of rotatable bonds is 4. The van der Waals surface area contributed by atoms with Crippen molar-refractivity contribution >= 4 is 5.78 Å². The maximum Gasteiger partial charge on any atom is 0.196 e. The van der Waals surface area contributed by atoms with Crippen LogP contribution in [0, 0.1) is 11.6 Å². The van der Waals surface area contributed by atoms with Crippen molar-refractivity contribution in [2.24, 2.45) is 0 Å². The Kier molecular flexibility index (Phi) is 3.98. The molecule has 0 aliphatic rings. The van der Waals surface area contributed by atoms with Crippen LogP contribution in [-0.4, -0.2) is 20.0 Å². The summed E-state index contributed by atoms with van der Waals surface area (Å²) in [6.45, 7) is 0. The molecule has 0 spiro atoms. The summed E-state index contributed by atoms with van der Waals surface area (Å²) in [4.78, 5) is 12.3. The number of benzene rings is 2. The summed E-state index contributed by atoms with van der Waals surface area (Å²) in [6.07, 6.45) is 0. The number of ketones is 1. The average molecular weight is 278 g/mol. The van der Waals surface area contributed by atoms with Crippen LogP contribution in [0.25, 0.3) is 0 Å². The van der Waals surface area contributed by atoms with Gasteiger partial charge in [0.05, 0.1) is 19.8 Å². The van der Waals surface area contributed by atoms with E-state index in [0.29, 0.717) is 11.5 Å². The minimum atomic E-state index is -1.07. The van der Waals surface area contributed by atoms with E-state index < -0.39 is 17.4 Å². The van der Waals surface area contributed by atoms with Gasteiger partial charge in [0.25, 0.3) is 0 Å². The number of hydrogen-bond donors (Lipinski definition) is 0. The number of ether oxygens (including phenoxy) is 2. The molecule has 0 bridgehead atoms. The Balaban J connectivity index is 2.44. The van der Waals surface area contributed by atoms with Crippen molar-refractivity contribution in [3.8, 4) is 11.5 Å². The van der Waals surface area contributed by atoms with Crippen LogP contribution < -0.4 is 9.47 Å². The first-order valence-electron chi connectivity index (χ1n) is 5.78. The largest absolute Gasteiger partial charge is 0.497 e. The second-order valence-corrected chi connectivity index (χ2v) is 4.02. The summed E-state index contributed by atoms with van der Waals surface area (Å²) in [6, 6.07) is 7.66. The zero-order valence-electron chi connectivity index (χ0n) is 10.9. The normalized spacial score (nSPS) is 10.2. The van der Waals surface area contributed by atoms with E-state index in [-0.39, 0.29) is 11.1 Å². The molecule has 2 aromatic rings. The highest BCUT2D eigenvalue weighted by Crippen LogP contribution is 2.27. The van der Waals surface area contributed by atoms with Gasteiger partial charge in [-0.05, 0) is 30.3 Å². The predicted molar refractivity (Wildman–Crippen MR) is 69.3 cm³/mol. The quantitative estimate of drug-likeness (QED) is 0.806. The molecule has 0 heterocycles. The summed E-state index contributed by atoms with van der Waals surface area (Å²) < 4.78 is 36.2. The Bertz CT molecular complexity index is 654. The molecule has 5 heteroatoms. The highest BCUT2D eigenvalue weighted by molar-refractivity contribution is 6.10. The van der Waals surface area contributed by atoms with Gasteiger partial charge in [-0.2, -0.15) is 0 Å². The van der Waals surface area contributed by atoms with Crippen LogP contribution >= 0.6 is 0 Å². The first kappa shape index (κ1) is 14.0. The molecule has 3 nitrogen and oxygen atoms in total. The van der Waals surface area contributed by atoms with E-state index in [2.05, 4.69) is 0 Å². The predicted octanol–water partition coefficient (Wildman–Crippen LogP) is 3.21. The number of hydrogen-bond acceptors (Lipinski definition) is 3. The fraction of sp³-hybridized carbons (Fsp3) is 0.133. The van der Waals surface area contributed by atoms with Gasteiger partial charge in [0.15, 0.2) is 17.4 Å². The molecule has 20 heavy (non-hydrogen) atoms. The summed E-state index contributed by atoms with van der Waals surface area (Å²) in [5, 5.41) is 0. The minimum Gasteiger partial charge on any atom is -0.497 e. The first-order chi connectivity index (χ1) is 9.56. The van der Waals surface area contributed by atoms with E-state index in [1.54, 1.807) is 12.1 Å². The zero-order valence-corrected chi connectivity index (χ0v) is 10.9. The van der Waals surface area contributed by atoms with E-state index in [1.807, 2.05) is 0 Å². The maximum absolute atomic E-state index is 13.2. The molecule has 0 saturated heterocycles. The van der Waals surface area contributed by atoms with Gasteiger partial charge in [0.1, 0.15) is 11.5 Å². The summed E-state index contributed by atoms with van der Waals surface area (Å²) >= 11 is 0. The highest BCUT2D eigenvalue weighted by atomic mass is 19.2. The van der Waals surface area contributed by atoms with Crippen molar-refractivity contribution in [2.45, 2.75) is 0 Å². The molecule has 0 N–H and O–H groups in total. The molecule has 0 amide bonds. The smallest absolute Gasteiger partial charge is 0.196 e. The van der Waals surface area contributed by atoms with E-state index in [0.717, 1.165) is 12.1 Å². The van der Waals surface area contributed by atoms with Crippen molar-refractivity contribution in [1.29, 1.82) is 0 Å². The van der Waals surface area contributed by atoms with E-state index >= 15 is 0 Å². The summed E-state index contributed by atoms with van der Waals surface area (Å²) in [5.41, 5.74) is 0.298. The molecular formula is C15H12F2O3. The number of carbonyl (C=O) groups excluding carboxylic acids is 1. The van der Waals surface area contributed by atoms with Crippen molar-refractivity contribution in [3.05, 3.63) is 59.2 Å². The summed E-state index contributed by atoms with van der Waals surface area (Å²) in [5.74, 6) is -1.68. The van der Waals surface area contributed by atoms with Gasteiger partial charge in [-0.15, -0.1) is 0 Å². The molecule has 0 saturated carbocycles. The standard InChI is InChI=1S/C15H12F2O3/c1-19-10-4-5-11(14(8-10)20-2)15(18)9-3-6-12(16)13(17)7-9/h3-8H,1-2H3. The SMILES string of the molecule is COc1ccc(C(=O)c2ccc(F)c(F)c2)c(OC)c1. The van der Waals surface area contributed by atoms with Crippen LogP contribution in [0.1, 0.15) is 15.9 Å². The molecule has 2 aromatic carbocycles. The minimum absolute atomic E-state index is 0.0485. The molecule has 2 rings (SSSR count). The van der Waals surface area contributed by atoms with Crippen LogP contribution in [0.3, 0.4) is 0 Å². The molecule has 0 radical (unpaired) electrons. The Hall–Kier alpha value is -2.43. The van der Waals surface area contributed by atoms with Crippen molar-refractivity contribution in [1.82, 2.24) is 0 Å². The lowest BCUT2D eigenvalue weighted by atomic mass is 10.0. The van der Waals surface area contributed by atoms with E-state index in [9.17, 15) is 13.6 Å². The van der Waals surface area contributed by atoms with Crippen molar-refractivity contribution in [2.75, 3.05) is 14.2 Å². The number of halogens is 2. The van der Waals surface area contributed by atoms with Crippen LogP contribution in [0.5, 0.6) is 11.5 Å². The number of carbonyl (C=O) groups is 1. The molecule has 0 aliphatic heterocycles. The third-order valence-corrected chi connectivity index (χ3v) is 2.84. The van der Waals surface area contributed by atoms with Gasteiger partial charge in [-0.1, -0.05) is 0 Å². The lowest BCUT2D eigenvalue weighted by molar-refractivity contribution is 0.103. The monoisotopic (exact) mass is 278 g/mol. The lowest BCUT2D eigenvalue weighted by Gasteiger charge is -2.09. The molecular weight excluding hydrogens is 266 g/mol. The van der Waals surface area contributed by atoms with E-state index in [1.165, 1.54) is 26.4 Å². The highest BCUT2D eigenvalue weighted by Gasteiger charge is 2.16. The van der Waals surface area contributed by atoms with E-state index in [4.69, 9.17) is 9.47 Å². The van der Waals surface area contributed by atoms with Gasteiger partial charge >= 0.3 is 0 Å². The van der Waals surface area contributed by atoms with Gasteiger partial charge in [0, 0.05) is 11.6 Å². The average Bonchev–Trinajstić information content (AvgIpc) is 2.48. The first-order valence-corrected chi connectivity index (χ1v) is 5.78. The lowest BCUT2D eigenvalue weighted by Crippen LogP contribution is -2.05. The Morgan fingerprint density at radius 2 is 1.70 bits per heavy atom. The second-order valence-electron chi connectivity index (χ2n) is 4.02. The molecule has 0 fully saturated rings. The number of methoxy groups -OCH3 is 2. The van der Waals surface area contributed by atoms with Crippen LogP contribution in [0.4, 0.5) is 8.78 Å². The maximum atomic E-state index is 13.2. The fourth-order valence-corrected chi connectivity index (χ4v) is 1.78. The fourth-order valence-electron chi connectivity index (χ4n) is 1.78.